The third kappa shape index (κ3) is 3.21. The average Bonchev–Trinajstić information content (AvgIpc) is 3.30. The first kappa shape index (κ1) is 17.4. The molecule has 142 valence electrons. The highest BCUT2D eigenvalue weighted by Gasteiger charge is 2.44. The number of benzene rings is 1. The second kappa shape index (κ2) is 6.97. The number of carbonyl (C=O) groups excluding carboxylic acids is 1. The summed E-state index contributed by atoms with van der Waals surface area (Å²) in [4.78, 5) is 16.7. The molecule has 5 atom stereocenters. The number of ether oxygens (including phenoxy) is 1. The lowest BCUT2D eigenvalue weighted by Gasteiger charge is -2.27. The van der Waals surface area contributed by atoms with Crippen LogP contribution in [0, 0.1) is 11.8 Å². The fourth-order valence-corrected chi connectivity index (χ4v) is 4.94. The van der Waals surface area contributed by atoms with E-state index in [4.69, 9.17) is 4.74 Å². The Balaban J connectivity index is 1.38. The molecule has 0 radical (unpaired) electrons. The number of carbonyl (C=O) groups is 1. The molecule has 1 aromatic carbocycles. The van der Waals surface area contributed by atoms with Crippen molar-refractivity contribution in [1.82, 2.24) is 10.2 Å². The Morgan fingerprint density at radius 1 is 1.19 bits per heavy atom. The number of hydrogen-bond donors (Lipinski definition) is 1. The quantitative estimate of drug-likeness (QED) is 0.900. The summed E-state index contributed by atoms with van der Waals surface area (Å²) in [7, 11) is 1.68. The zero-order valence-electron chi connectivity index (χ0n) is 15.5. The van der Waals surface area contributed by atoms with Crippen LogP contribution in [0.1, 0.15) is 26.2 Å². The minimum Gasteiger partial charge on any atom is -0.497 e. The van der Waals surface area contributed by atoms with E-state index < -0.39 is 6.17 Å². The minimum atomic E-state index is -0.885. The molecule has 4 rings (SSSR count). The number of methoxy groups -OCH3 is 1. The molecule has 1 N–H and O–H groups in total. The van der Waals surface area contributed by atoms with Gasteiger partial charge in [0.05, 0.1) is 13.7 Å². The number of fused-ring (bicyclic) bond motifs is 1. The van der Waals surface area contributed by atoms with E-state index in [1.165, 1.54) is 5.69 Å². The van der Waals surface area contributed by atoms with Crippen LogP contribution in [0.4, 0.5) is 14.9 Å². The lowest BCUT2D eigenvalue weighted by atomic mass is 9.98. The largest absolute Gasteiger partial charge is 0.497 e. The number of rotatable bonds is 3. The number of urea groups is 1. The Morgan fingerprint density at radius 2 is 1.96 bits per heavy atom. The van der Waals surface area contributed by atoms with Gasteiger partial charge in [-0.25, -0.2) is 9.18 Å². The van der Waals surface area contributed by atoms with E-state index in [0.717, 1.165) is 31.7 Å². The highest BCUT2D eigenvalue weighted by molar-refractivity contribution is 5.75. The van der Waals surface area contributed by atoms with Crippen LogP contribution in [0.2, 0.25) is 0 Å². The van der Waals surface area contributed by atoms with Gasteiger partial charge in [0.15, 0.2) is 0 Å². The zero-order chi connectivity index (χ0) is 18.3. The Hall–Kier alpha value is -1.98. The number of alkyl halides is 1. The Bertz CT molecular complexity index is 653. The monoisotopic (exact) mass is 361 g/mol. The van der Waals surface area contributed by atoms with E-state index in [0.29, 0.717) is 18.3 Å². The number of halogens is 1. The molecular weight excluding hydrogens is 333 g/mol. The van der Waals surface area contributed by atoms with Gasteiger partial charge < -0.3 is 19.9 Å². The van der Waals surface area contributed by atoms with Gasteiger partial charge in [0.1, 0.15) is 11.9 Å². The molecule has 2 amide bonds. The highest BCUT2D eigenvalue weighted by Crippen LogP contribution is 2.40. The maximum absolute atomic E-state index is 13.6. The fourth-order valence-electron chi connectivity index (χ4n) is 4.94. The predicted octanol–water partition coefficient (Wildman–Crippen LogP) is 3.05. The molecule has 2 aliphatic heterocycles. The molecule has 1 saturated carbocycles. The maximum Gasteiger partial charge on any atom is 0.317 e. The van der Waals surface area contributed by atoms with E-state index in [2.05, 4.69) is 22.3 Å². The number of nitrogens with zero attached hydrogens (tertiary/aromatic N) is 2. The molecular formula is C20H28FN3O2. The lowest BCUT2D eigenvalue weighted by molar-refractivity contribution is 0.186. The van der Waals surface area contributed by atoms with Crippen molar-refractivity contribution in [3.63, 3.8) is 0 Å². The summed E-state index contributed by atoms with van der Waals surface area (Å²) in [5.74, 6) is 1.96. The van der Waals surface area contributed by atoms with E-state index in [-0.39, 0.29) is 24.7 Å². The van der Waals surface area contributed by atoms with Crippen molar-refractivity contribution >= 4 is 11.7 Å². The predicted molar refractivity (Wildman–Crippen MR) is 99.4 cm³/mol. The fraction of sp³-hybridized carbons (Fsp3) is 0.650. The van der Waals surface area contributed by atoms with E-state index in [1.54, 1.807) is 12.0 Å². The van der Waals surface area contributed by atoms with Crippen molar-refractivity contribution in [3.8, 4) is 5.75 Å². The van der Waals surface area contributed by atoms with Gasteiger partial charge in [-0.2, -0.15) is 0 Å². The Labute approximate surface area is 154 Å². The van der Waals surface area contributed by atoms with Crippen LogP contribution in [-0.4, -0.2) is 55.9 Å². The highest BCUT2D eigenvalue weighted by atomic mass is 19.1. The molecule has 26 heavy (non-hydrogen) atoms. The summed E-state index contributed by atoms with van der Waals surface area (Å²) in [5, 5.41) is 3.21. The van der Waals surface area contributed by atoms with E-state index >= 15 is 0 Å². The molecule has 5 nitrogen and oxygen atoms in total. The molecule has 1 unspecified atom stereocenters. The molecule has 6 heteroatoms. The number of amides is 2. The third-order valence-corrected chi connectivity index (χ3v) is 6.39. The summed E-state index contributed by atoms with van der Waals surface area (Å²) < 4.78 is 18.8. The Kier molecular flexibility index (Phi) is 4.67. The molecule has 3 aliphatic rings. The summed E-state index contributed by atoms with van der Waals surface area (Å²) in [5.41, 5.74) is 1.21. The standard InChI is InChI=1S/C20H28FN3O2/c1-13-9-15(21)11-24(13)20(25)22-19-8-3-14-10-23(12-18(14)19)16-4-6-17(26-2)7-5-16/h4-7,13-15,18-19H,3,8-12H2,1-2H3,(H,22,25)/t13?,14-,15-,18+,19+/m1/s1. The van der Waals surface area contributed by atoms with Crippen LogP contribution in [-0.2, 0) is 0 Å². The number of anilines is 1. The summed E-state index contributed by atoms with van der Waals surface area (Å²) in [6.45, 7) is 4.16. The lowest BCUT2D eigenvalue weighted by Crippen LogP contribution is -2.48. The van der Waals surface area contributed by atoms with Crippen LogP contribution >= 0.6 is 0 Å². The van der Waals surface area contributed by atoms with E-state index in [1.807, 2.05) is 19.1 Å². The van der Waals surface area contributed by atoms with Crippen molar-refractivity contribution in [3.05, 3.63) is 24.3 Å². The van der Waals surface area contributed by atoms with Gasteiger partial charge in [0.25, 0.3) is 0 Å². The normalized spacial score (nSPS) is 33.4. The second-order valence-electron chi connectivity index (χ2n) is 7.99. The number of hydrogen-bond acceptors (Lipinski definition) is 3. The van der Waals surface area contributed by atoms with E-state index in [9.17, 15) is 9.18 Å². The van der Waals surface area contributed by atoms with Gasteiger partial charge in [0.2, 0.25) is 0 Å². The van der Waals surface area contributed by atoms with Crippen LogP contribution in [0.25, 0.3) is 0 Å². The molecule has 1 aromatic rings. The summed E-state index contributed by atoms with van der Waals surface area (Å²) >= 11 is 0. The van der Waals surface area contributed by atoms with Crippen molar-refractivity contribution in [1.29, 1.82) is 0 Å². The Morgan fingerprint density at radius 3 is 2.62 bits per heavy atom. The third-order valence-electron chi connectivity index (χ3n) is 6.39. The van der Waals surface area contributed by atoms with Crippen molar-refractivity contribution < 1.29 is 13.9 Å². The molecule has 2 saturated heterocycles. The van der Waals surface area contributed by atoms with Gasteiger partial charge >= 0.3 is 6.03 Å². The first-order valence-electron chi connectivity index (χ1n) is 9.65. The van der Waals surface area contributed by atoms with Gasteiger partial charge in [-0.15, -0.1) is 0 Å². The topological polar surface area (TPSA) is 44.8 Å². The molecule has 3 fully saturated rings. The maximum atomic E-state index is 13.6. The number of likely N-dealkylation sites (tertiary alicyclic amines) is 1. The first-order valence-corrected chi connectivity index (χ1v) is 9.65. The van der Waals surface area contributed by atoms with Gasteiger partial charge in [0, 0.05) is 43.2 Å². The summed E-state index contributed by atoms with van der Waals surface area (Å²) in [6.07, 6.45) is 1.74. The smallest absolute Gasteiger partial charge is 0.317 e. The van der Waals surface area contributed by atoms with Crippen LogP contribution in [0.3, 0.4) is 0 Å². The molecule has 0 bridgehead atoms. The average molecular weight is 361 g/mol. The summed E-state index contributed by atoms with van der Waals surface area (Å²) in [6, 6.07) is 8.27. The zero-order valence-corrected chi connectivity index (χ0v) is 15.5. The second-order valence-corrected chi connectivity index (χ2v) is 7.99. The SMILES string of the molecule is COc1ccc(N2C[C@H]3CC[C@H](NC(=O)N4C[C@H](F)CC4C)[C@H]3C2)cc1. The van der Waals surface area contributed by atoms with Gasteiger partial charge in [-0.1, -0.05) is 0 Å². The van der Waals surface area contributed by atoms with Crippen molar-refractivity contribution in [2.45, 2.75) is 44.4 Å². The van der Waals surface area contributed by atoms with Crippen molar-refractivity contribution in [2.24, 2.45) is 11.8 Å². The number of nitrogens with one attached hydrogen (secondary N) is 1. The van der Waals surface area contributed by atoms with Crippen LogP contribution < -0.4 is 15.0 Å². The van der Waals surface area contributed by atoms with Crippen LogP contribution in [0.15, 0.2) is 24.3 Å². The molecule has 0 aromatic heterocycles. The first-order chi connectivity index (χ1) is 12.5. The van der Waals surface area contributed by atoms with Crippen molar-refractivity contribution in [2.75, 3.05) is 31.6 Å². The molecule has 0 spiro atoms. The van der Waals surface area contributed by atoms with Crippen LogP contribution in [0.5, 0.6) is 5.75 Å². The van der Waals surface area contributed by atoms with Gasteiger partial charge in [-0.3, -0.25) is 0 Å². The van der Waals surface area contributed by atoms with Gasteiger partial charge in [-0.05, 0) is 49.9 Å². The minimum absolute atomic E-state index is 0.0124. The molecule has 2 heterocycles. The molecule has 1 aliphatic carbocycles.